The first-order valence-electron chi connectivity index (χ1n) is 9.18. The summed E-state index contributed by atoms with van der Waals surface area (Å²) in [6, 6.07) is 10.6. The fourth-order valence-corrected chi connectivity index (χ4v) is 4.17. The number of rotatable bonds is 5. The molecule has 2 aromatic carbocycles. The van der Waals surface area contributed by atoms with E-state index >= 15 is 0 Å². The highest BCUT2D eigenvalue weighted by Gasteiger charge is 2.44. The van der Waals surface area contributed by atoms with E-state index in [1.165, 1.54) is 6.07 Å². The molecule has 1 atom stereocenters. The third-order valence-corrected chi connectivity index (χ3v) is 5.77. The zero-order valence-corrected chi connectivity index (χ0v) is 15.7. The molecule has 1 fully saturated rings. The molecule has 1 unspecified atom stereocenters. The lowest BCUT2D eigenvalue weighted by Gasteiger charge is -2.21. The maximum absolute atomic E-state index is 14.7. The number of fused-ring (bicyclic) bond motifs is 1. The second-order valence-corrected chi connectivity index (χ2v) is 7.76. The molecule has 27 heavy (non-hydrogen) atoms. The van der Waals surface area contributed by atoms with Gasteiger partial charge in [0.1, 0.15) is 5.82 Å². The molecule has 0 saturated heterocycles. The summed E-state index contributed by atoms with van der Waals surface area (Å²) in [6.07, 6.45) is 4.10. The van der Waals surface area contributed by atoms with Crippen LogP contribution in [0.2, 0.25) is 0 Å². The molecule has 2 aliphatic rings. The average molecular weight is 388 g/mol. The van der Waals surface area contributed by atoms with Crippen LogP contribution in [-0.4, -0.2) is 16.9 Å². The maximum Gasteiger partial charge on any atom is 0.303 e. The van der Waals surface area contributed by atoms with Gasteiger partial charge in [0.15, 0.2) is 11.5 Å². The highest BCUT2D eigenvalue weighted by Crippen LogP contribution is 2.50. The summed E-state index contributed by atoms with van der Waals surface area (Å²) in [5.74, 6) is -0.509. The van der Waals surface area contributed by atoms with Gasteiger partial charge in [-0.25, -0.2) is 4.39 Å². The van der Waals surface area contributed by atoms with E-state index in [0.29, 0.717) is 22.6 Å². The van der Waals surface area contributed by atoms with Gasteiger partial charge in [-0.3, -0.25) is 4.79 Å². The Morgan fingerprint density at radius 2 is 2.00 bits per heavy atom. The predicted molar refractivity (Wildman–Crippen MR) is 103 cm³/mol. The van der Waals surface area contributed by atoms with Gasteiger partial charge in [-0.2, -0.15) is 12.6 Å². The van der Waals surface area contributed by atoms with Crippen LogP contribution >= 0.6 is 12.6 Å². The molecule has 4 nitrogen and oxygen atoms in total. The Bertz CT molecular complexity index is 876. The molecule has 1 aliphatic heterocycles. The largest absolute Gasteiger partial charge is 0.481 e. The van der Waals surface area contributed by atoms with E-state index in [4.69, 9.17) is 14.6 Å². The highest BCUT2D eigenvalue weighted by molar-refractivity contribution is 7.80. The Labute approximate surface area is 162 Å². The molecule has 0 aromatic heterocycles. The van der Waals surface area contributed by atoms with Crippen LogP contribution in [0.5, 0.6) is 11.5 Å². The Morgan fingerprint density at radius 1 is 1.22 bits per heavy atom. The van der Waals surface area contributed by atoms with Crippen molar-refractivity contribution < 1.29 is 23.8 Å². The lowest BCUT2D eigenvalue weighted by atomic mass is 9.99. The molecule has 6 heteroatoms. The van der Waals surface area contributed by atoms with Gasteiger partial charge in [0.25, 0.3) is 5.79 Å². The molecule has 0 amide bonds. The topological polar surface area (TPSA) is 55.8 Å². The van der Waals surface area contributed by atoms with Gasteiger partial charge < -0.3 is 14.6 Å². The molecule has 1 heterocycles. The fourth-order valence-electron chi connectivity index (χ4n) is 3.83. The Kier molecular flexibility index (Phi) is 4.76. The van der Waals surface area contributed by atoms with Crippen molar-refractivity contribution in [3.8, 4) is 22.6 Å². The highest BCUT2D eigenvalue weighted by atomic mass is 32.1. The molecule has 1 spiro atoms. The average Bonchev–Trinajstić information content (AvgIpc) is 3.25. The summed E-state index contributed by atoms with van der Waals surface area (Å²) >= 11 is 4.36. The van der Waals surface area contributed by atoms with Crippen LogP contribution in [0.3, 0.4) is 0 Å². The van der Waals surface area contributed by atoms with Crippen molar-refractivity contribution in [3.05, 3.63) is 47.8 Å². The van der Waals surface area contributed by atoms with Gasteiger partial charge in [0.2, 0.25) is 0 Å². The second-order valence-electron chi connectivity index (χ2n) is 7.14. The Hall–Kier alpha value is -2.21. The number of hydrogen-bond donors (Lipinski definition) is 2. The number of halogens is 1. The van der Waals surface area contributed by atoms with Gasteiger partial charge in [-0.1, -0.05) is 24.3 Å². The third kappa shape index (κ3) is 3.50. The Morgan fingerprint density at radius 3 is 2.70 bits per heavy atom. The summed E-state index contributed by atoms with van der Waals surface area (Å²) < 4.78 is 27.0. The molecule has 0 radical (unpaired) electrons. The standard InChI is InChI=1S/C21H21FO4S/c22-16-12-13(6-7-15(16)18(27)8-9-19(23)24)14-4-3-5-17-20(14)26-21(25-17)10-1-2-11-21/h3-7,12,18,27H,1-2,8-11H2,(H,23,24). The van der Waals surface area contributed by atoms with E-state index in [9.17, 15) is 9.18 Å². The Balaban J connectivity index is 1.61. The number of carboxylic acids is 1. The van der Waals surface area contributed by atoms with Crippen LogP contribution in [0, 0.1) is 5.82 Å². The molecule has 142 valence electrons. The normalized spacial score (nSPS) is 18.0. The van der Waals surface area contributed by atoms with Gasteiger partial charge in [-0.15, -0.1) is 0 Å². The van der Waals surface area contributed by atoms with Crippen LogP contribution in [0.25, 0.3) is 11.1 Å². The molecule has 1 saturated carbocycles. The lowest BCUT2D eigenvalue weighted by molar-refractivity contribution is -0.137. The number of benzene rings is 2. The van der Waals surface area contributed by atoms with Crippen LogP contribution in [-0.2, 0) is 4.79 Å². The van der Waals surface area contributed by atoms with E-state index in [2.05, 4.69) is 12.6 Å². The number of carboxylic acid groups (broad SMARTS) is 1. The van der Waals surface area contributed by atoms with Crippen molar-refractivity contribution in [2.45, 2.75) is 49.6 Å². The number of thiol groups is 1. The van der Waals surface area contributed by atoms with E-state index in [1.54, 1.807) is 6.07 Å². The van der Waals surface area contributed by atoms with Gasteiger partial charge in [0.05, 0.1) is 0 Å². The fraction of sp³-hybridized carbons (Fsp3) is 0.381. The first kappa shape index (κ1) is 18.2. The number of ether oxygens (including phenoxy) is 2. The first-order valence-corrected chi connectivity index (χ1v) is 9.70. The number of aliphatic carboxylic acids is 1. The summed E-state index contributed by atoms with van der Waals surface area (Å²) in [4.78, 5) is 10.7. The van der Waals surface area contributed by atoms with Crippen molar-refractivity contribution in [1.82, 2.24) is 0 Å². The first-order chi connectivity index (χ1) is 13.0. The molecule has 0 bridgehead atoms. The van der Waals surface area contributed by atoms with Gasteiger partial charge in [-0.05, 0) is 37.0 Å². The van der Waals surface area contributed by atoms with Gasteiger partial charge in [0, 0.05) is 35.6 Å². The van der Waals surface area contributed by atoms with E-state index in [1.807, 2.05) is 24.3 Å². The van der Waals surface area contributed by atoms with Crippen LogP contribution in [0.1, 0.15) is 49.3 Å². The van der Waals surface area contributed by atoms with Crippen molar-refractivity contribution in [2.24, 2.45) is 0 Å². The molecule has 4 rings (SSSR count). The van der Waals surface area contributed by atoms with E-state index in [-0.39, 0.29) is 12.8 Å². The van der Waals surface area contributed by atoms with Crippen molar-refractivity contribution in [3.63, 3.8) is 0 Å². The minimum Gasteiger partial charge on any atom is -0.481 e. The van der Waals surface area contributed by atoms with Crippen LogP contribution < -0.4 is 9.47 Å². The maximum atomic E-state index is 14.7. The number of hydrogen-bond acceptors (Lipinski definition) is 4. The zero-order valence-electron chi connectivity index (χ0n) is 14.8. The van der Waals surface area contributed by atoms with Gasteiger partial charge >= 0.3 is 5.97 Å². The van der Waals surface area contributed by atoms with E-state index in [0.717, 1.165) is 31.2 Å². The number of carbonyl (C=O) groups is 1. The van der Waals surface area contributed by atoms with E-state index < -0.39 is 22.8 Å². The minimum absolute atomic E-state index is 0.0468. The lowest BCUT2D eigenvalue weighted by Crippen LogP contribution is -2.34. The monoisotopic (exact) mass is 388 g/mol. The van der Waals surface area contributed by atoms with Crippen molar-refractivity contribution in [1.29, 1.82) is 0 Å². The molecule has 1 N–H and O–H groups in total. The molecular weight excluding hydrogens is 367 g/mol. The van der Waals surface area contributed by atoms with Crippen molar-refractivity contribution >= 4 is 18.6 Å². The van der Waals surface area contributed by atoms with Crippen LogP contribution in [0.4, 0.5) is 4.39 Å². The SMILES string of the molecule is O=C(O)CCC(S)c1ccc(-c2cccc3c2OC2(CCCC2)O3)cc1F. The van der Waals surface area contributed by atoms with Crippen molar-refractivity contribution in [2.75, 3.05) is 0 Å². The van der Waals surface area contributed by atoms with Crippen LogP contribution in [0.15, 0.2) is 36.4 Å². The number of para-hydroxylation sites is 1. The summed E-state index contributed by atoms with van der Waals surface area (Å²) in [5.41, 5.74) is 1.90. The zero-order chi connectivity index (χ0) is 19.0. The second kappa shape index (κ2) is 7.08. The smallest absolute Gasteiger partial charge is 0.303 e. The summed E-state index contributed by atoms with van der Waals surface area (Å²) in [6.45, 7) is 0. The molecular formula is C21H21FO4S. The molecule has 2 aromatic rings. The minimum atomic E-state index is -0.913. The predicted octanol–water partition coefficient (Wildman–Crippen LogP) is 5.37. The quantitative estimate of drug-likeness (QED) is 0.676. The summed E-state index contributed by atoms with van der Waals surface area (Å²) in [5, 5.41) is 8.33. The third-order valence-electron chi connectivity index (χ3n) is 5.23. The molecule has 1 aliphatic carbocycles. The summed E-state index contributed by atoms with van der Waals surface area (Å²) in [7, 11) is 0.